The summed E-state index contributed by atoms with van der Waals surface area (Å²) in [5.41, 5.74) is 1.50. The first-order valence-corrected chi connectivity index (χ1v) is 14.0. The van der Waals surface area contributed by atoms with Crippen LogP contribution in [-0.2, 0) is 4.79 Å². The number of Topliss-reactive ketones (excluding diaryl/α,β-unsaturated/α-hetero) is 1. The van der Waals surface area contributed by atoms with Gasteiger partial charge in [-0.3, -0.25) is 4.79 Å². The zero-order chi connectivity index (χ0) is 21.8. The zero-order valence-electron chi connectivity index (χ0n) is 19.7. The van der Waals surface area contributed by atoms with Gasteiger partial charge in [-0.1, -0.05) is 75.9 Å². The van der Waals surface area contributed by atoms with Crippen molar-refractivity contribution in [2.24, 2.45) is 46.3 Å². The summed E-state index contributed by atoms with van der Waals surface area (Å²) >= 11 is 10.4. The van der Waals surface area contributed by atoms with E-state index in [1.807, 2.05) is 0 Å². The van der Waals surface area contributed by atoms with Gasteiger partial charge in [0.25, 0.3) is 0 Å². The quantitative estimate of drug-likeness (QED) is 0.350. The van der Waals surface area contributed by atoms with Crippen molar-refractivity contribution in [2.75, 3.05) is 0 Å². The number of allylic oxidation sites excluding steroid dienone is 2. The molecule has 0 radical (unpaired) electrons. The highest BCUT2D eigenvalue weighted by molar-refractivity contribution is 9.10. The van der Waals surface area contributed by atoms with Crippen LogP contribution in [0.1, 0.15) is 92.4 Å². The lowest BCUT2D eigenvalue weighted by Gasteiger charge is -2.59. The maximum absolute atomic E-state index is 13.5. The van der Waals surface area contributed by atoms with Crippen LogP contribution in [0.3, 0.4) is 0 Å². The van der Waals surface area contributed by atoms with E-state index in [2.05, 4.69) is 56.6 Å². The Kier molecular flexibility index (Phi) is 6.62. The number of carbonyl (C=O) groups is 1. The van der Waals surface area contributed by atoms with E-state index in [9.17, 15) is 4.79 Å². The maximum atomic E-state index is 13.5. The van der Waals surface area contributed by atoms with Crippen LogP contribution in [0, 0.1) is 46.3 Å². The second kappa shape index (κ2) is 8.51. The molecule has 0 aromatic heterocycles. The van der Waals surface area contributed by atoms with Crippen LogP contribution in [0.5, 0.6) is 0 Å². The molecular weight excluding hydrogens is 456 g/mol. The van der Waals surface area contributed by atoms with Crippen molar-refractivity contribution in [3.63, 3.8) is 0 Å². The summed E-state index contributed by atoms with van der Waals surface area (Å²) in [6.07, 6.45) is 13.6. The topological polar surface area (TPSA) is 17.1 Å². The van der Waals surface area contributed by atoms with E-state index in [-0.39, 0.29) is 15.6 Å². The number of ketones is 1. The van der Waals surface area contributed by atoms with Gasteiger partial charge in [0, 0.05) is 0 Å². The first-order chi connectivity index (χ1) is 14.1. The Morgan fingerprint density at radius 3 is 2.50 bits per heavy atom. The summed E-state index contributed by atoms with van der Waals surface area (Å²) in [6.45, 7) is 12.2. The SMILES string of the molecule is CC(C)CCC[C@@H](C)[C@H]1CC[C@H]2[C@@H]3[C@H](Br)C(=O)C4=C[C@@H](Cl)CC[C@]4(C)[C@H]3CC[C@]12C. The molecule has 30 heavy (non-hydrogen) atoms. The fourth-order valence-electron chi connectivity index (χ4n) is 8.47. The second-order valence-corrected chi connectivity index (χ2v) is 13.7. The van der Waals surface area contributed by atoms with Crippen molar-refractivity contribution in [2.45, 2.75) is 103 Å². The number of hydrogen-bond donors (Lipinski definition) is 0. The highest BCUT2D eigenvalue weighted by atomic mass is 79.9. The third kappa shape index (κ3) is 3.68. The predicted octanol–water partition coefficient (Wildman–Crippen LogP) is 8.19. The number of carbonyl (C=O) groups excluding carboxylic acids is 1. The molecule has 4 aliphatic carbocycles. The molecular formula is C27H42BrClO. The Morgan fingerprint density at radius 1 is 1.07 bits per heavy atom. The third-order valence-electron chi connectivity index (χ3n) is 10.1. The first-order valence-electron chi connectivity index (χ1n) is 12.6. The van der Waals surface area contributed by atoms with Gasteiger partial charge in [0.05, 0.1) is 10.2 Å². The predicted molar refractivity (Wildman–Crippen MR) is 131 cm³/mol. The molecule has 0 amide bonds. The van der Waals surface area contributed by atoms with Crippen molar-refractivity contribution >= 4 is 33.3 Å². The van der Waals surface area contributed by atoms with Crippen molar-refractivity contribution in [3.05, 3.63) is 11.6 Å². The molecule has 3 heteroatoms. The molecule has 3 fully saturated rings. The minimum absolute atomic E-state index is 0.0107. The fraction of sp³-hybridized carbons (Fsp3) is 0.889. The minimum Gasteiger partial charge on any atom is -0.293 e. The van der Waals surface area contributed by atoms with Crippen molar-refractivity contribution < 1.29 is 4.79 Å². The van der Waals surface area contributed by atoms with Crippen LogP contribution >= 0.6 is 27.5 Å². The standard InChI is InChI=1S/C27H42BrClO/c1-16(2)7-6-8-17(3)19-9-10-20-23-21(12-14-26(19,20)4)27(5)13-11-18(29)15-22(27)25(30)24(23)28/h15-21,23-24H,6-14H2,1-5H3/t17-,18+,19-,20+,21+,23+,24+,26-,27-/m1/s1. The number of halogens is 2. The van der Waals surface area contributed by atoms with Crippen LogP contribution in [0.15, 0.2) is 11.6 Å². The molecule has 4 aliphatic rings. The Balaban J connectivity index is 1.58. The molecule has 0 aromatic carbocycles. The normalized spacial score (nSPS) is 46.8. The molecule has 0 unspecified atom stereocenters. The fourth-order valence-corrected chi connectivity index (χ4v) is 9.69. The molecule has 0 saturated heterocycles. The Labute approximate surface area is 198 Å². The van der Waals surface area contributed by atoms with E-state index in [0.717, 1.165) is 36.2 Å². The van der Waals surface area contributed by atoms with Crippen molar-refractivity contribution in [3.8, 4) is 0 Å². The van der Waals surface area contributed by atoms with Gasteiger partial charge in [-0.2, -0.15) is 0 Å². The van der Waals surface area contributed by atoms with E-state index >= 15 is 0 Å². The first kappa shape index (κ1) is 23.3. The van der Waals surface area contributed by atoms with E-state index in [0.29, 0.717) is 29.0 Å². The summed E-state index contributed by atoms with van der Waals surface area (Å²) in [6, 6.07) is 0. The second-order valence-electron chi connectivity index (χ2n) is 12.1. The van der Waals surface area contributed by atoms with Gasteiger partial charge in [0.2, 0.25) is 0 Å². The van der Waals surface area contributed by atoms with Crippen molar-refractivity contribution in [1.29, 1.82) is 0 Å². The Morgan fingerprint density at radius 2 is 1.80 bits per heavy atom. The van der Waals surface area contributed by atoms with Crippen LogP contribution in [0.4, 0.5) is 0 Å². The summed E-state index contributed by atoms with van der Waals surface area (Å²) in [4.78, 5) is 13.5. The van der Waals surface area contributed by atoms with Crippen molar-refractivity contribution in [1.82, 2.24) is 0 Å². The monoisotopic (exact) mass is 496 g/mol. The highest BCUT2D eigenvalue weighted by Crippen LogP contribution is 2.68. The van der Waals surface area contributed by atoms with Gasteiger partial charge in [-0.05, 0) is 90.4 Å². The van der Waals surface area contributed by atoms with Crippen LogP contribution in [-0.4, -0.2) is 16.0 Å². The maximum Gasteiger partial charge on any atom is 0.173 e. The number of fused-ring (bicyclic) bond motifs is 5. The Bertz CT molecular complexity index is 701. The lowest BCUT2D eigenvalue weighted by atomic mass is 9.46. The van der Waals surface area contributed by atoms with Gasteiger partial charge in [-0.25, -0.2) is 0 Å². The molecule has 0 heterocycles. The van der Waals surface area contributed by atoms with E-state index in [1.54, 1.807) is 0 Å². The molecule has 0 spiro atoms. The largest absolute Gasteiger partial charge is 0.293 e. The zero-order valence-corrected chi connectivity index (χ0v) is 22.1. The van der Waals surface area contributed by atoms with Gasteiger partial charge < -0.3 is 0 Å². The van der Waals surface area contributed by atoms with Crippen LogP contribution < -0.4 is 0 Å². The summed E-state index contributed by atoms with van der Waals surface area (Å²) < 4.78 is 0. The minimum atomic E-state index is -0.0107. The molecule has 0 N–H and O–H groups in total. The van der Waals surface area contributed by atoms with E-state index in [1.165, 1.54) is 44.9 Å². The van der Waals surface area contributed by atoms with Gasteiger partial charge in [-0.15, -0.1) is 11.6 Å². The molecule has 1 nitrogen and oxygen atoms in total. The smallest absolute Gasteiger partial charge is 0.173 e. The Hall–Kier alpha value is 0.180. The van der Waals surface area contributed by atoms with Gasteiger partial charge in [0.1, 0.15) is 0 Å². The number of hydrogen-bond acceptors (Lipinski definition) is 1. The highest BCUT2D eigenvalue weighted by Gasteiger charge is 2.63. The number of rotatable bonds is 5. The summed E-state index contributed by atoms with van der Waals surface area (Å²) in [5.74, 6) is 4.61. The molecule has 0 bridgehead atoms. The third-order valence-corrected chi connectivity index (χ3v) is 11.5. The molecule has 3 saturated carbocycles. The van der Waals surface area contributed by atoms with E-state index < -0.39 is 0 Å². The summed E-state index contributed by atoms with van der Waals surface area (Å²) in [7, 11) is 0. The summed E-state index contributed by atoms with van der Waals surface area (Å²) in [5, 5.41) is 0.0321. The van der Waals surface area contributed by atoms with E-state index in [4.69, 9.17) is 11.6 Å². The van der Waals surface area contributed by atoms with Crippen LogP contribution in [0.2, 0.25) is 0 Å². The average Bonchev–Trinajstić information content (AvgIpc) is 3.04. The molecule has 0 aromatic rings. The molecule has 4 rings (SSSR count). The van der Waals surface area contributed by atoms with Gasteiger partial charge in [0.15, 0.2) is 5.78 Å². The lowest BCUT2D eigenvalue weighted by molar-refractivity contribution is -0.127. The lowest BCUT2D eigenvalue weighted by Crippen LogP contribution is -2.57. The molecule has 0 aliphatic heterocycles. The van der Waals surface area contributed by atoms with Crippen LogP contribution in [0.25, 0.3) is 0 Å². The average molecular weight is 498 g/mol. The number of alkyl halides is 2. The molecule has 9 atom stereocenters. The molecule has 170 valence electrons. The van der Waals surface area contributed by atoms with Gasteiger partial charge >= 0.3 is 0 Å².